The van der Waals surface area contributed by atoms with Gasteiger partial charge in [-0.05, 0) is 25.5 Å². The number of rotatable bonds is 5. The Hall–Kier alpha value is -2.18. The zero-order valence-electron chi connectivity index (χ0n) is 14.9. The summed E-state index contributed by atoms with van der Waals surface area (Å²) in [6, 6.07) is 11.7. The fourth-order valence-corrected chi connectivity index (χ4v) is 3.27. The average molecular weight is 342 g/mol. The molecule has 25 heavy (non-hydrogen) atoms. The van der Waals surface area contributed by atoms with Gasteiger partial charge in [-0.25, -0.2) is 0 Å². The lowest BCUT2D eigenvalue weighted by molar-refractivity contribution is -0.134. The topological polar surface area (TPSA) is 61.6 Å². The number of hydrogen-bond donors (Lipinski definition) is 1. The van der Waals surface area contributed by atoms with Gasteiger partial charge in [0, 0.05) is 38.4 Å². The van der Waals surface area contributed by atoms with Crippen LogP contribution in [0, 0.1) is 13.8 Å². The summed E-state index contributed by atoms with van der Waals surface area (Å²) in [6.45, 7) is 7.76. The van der Waals surface area contributed by atoms with Crippen molar-refractivity contribution < 1.29 is 9.90 Å². The Morgan fingerprint density at radius 1 is 1.16 bits per heavy atom. The van der Waals surface area contributed by atoms with Crippen molar-refractivity contribution in [2.75, 3.05) is 32.7 Å². The highest BCUT2D eigenvalue weighted by Gasteiger charge is 2.23. The van der Waals surface area contributed by atoms with Gasteiger partial charge in [0.2, 0.25) is 5.91 Å². The molecule has 6 heteroatoms. The minimum Gasteiger partial charge on any atom is -0.387 e. The molecule has 0 spiro atoms. The maximum absolute atomic E-state index is 12.5. The van der Waals surface area contributed by atoms with Crippen LogP contribution in [0.1, 0.15) is 23.1 Å². The Balaban J connectivity index is 1.48. The number of piperazine rings is 1. The number of carbonyl (C=O) groups excluding carboxylic acids is 1. The molecule has 1 unspecified atom stereocenters. The maximum atomic E-state index is 12.5. The molecule has 0 bridgehead atoms. The molecule has 1 aliphatic rings. The van der Waals surface area contributed by atoms with E-state index < -0.39 is 6.10 Å². The predicted molar refractivity (Wildman–Crippen MR) is 96.1 cm³/mol. The van der Waals surface area contributed by atoms with Gasteiger partial charge in [-0.3, -0.25) is 14.4 Å². The van der Waals surface area contributed by atoms with Gasteiger partial charge >= 0.3 is 0 Å². The van der Waals surface area contributed by atoms with Crippen molar-refractivity contribution in [3.63, 3.8) is 0 Å². The number of β-amino-alcohol motifs (C(OH)–C–C–N with tert-alkyl or cyclic N) is 1. The van der Waals surface area contributed by atoms with Gasteiger partial charge in [0.25, 0.3) is 0 Å². The monoisotopic (exact) mass is 342 g/mol. The van der Waals surface area contributed by atoms with Crippen LogP contribution in [0.15, 0.2) is 36.4 Å². The van der Waals surface area contributed by atoms with Crippen LogP contribution in [0.5, 0.6) is 0 Å². The number of amides is 1. The molecule has 1 aromatic carbocycles. The van der Waals surface area contributed by atoms with Gasteiger partial charge in [-0.15, -0.1) is 0 Å². The number of aliphatic hydroxyl groups excluding tert-OH is 1. The number of aromatic nitrogens is 2. The summed E-state index contributed by atoms with van der Waals surface area (Å²) in [4.78, 5) is 16.6. The maximum Gasteiger partial charge on any atom is 0.244 e. The quantitative estimate of drug-likeness (QED) is 0.892. The number of carbonyl (C=O) groups is 1. The van der Waals surface area contributed by atoms with Crippen LogP contribution in [-0.4, -0.2) is 63.3 Å². The van der Waals surface area contributed by atoms with Crippen LogP contribution < -0.4 is 0 Å². The largest absolute Gasteiger partial charge is 0.387 e. The smallest absolute Gasteiger partial charge is 0.244 e. The lowest BCUT2D eigenvalue weighted by Gasteiger charge is -2.35. The van der Waals surface area contributed by atoms with Crippen molar-refractivity contribution in [2.45, 2.75) is 26.5 Å². The lowest BCUT2D eigenvalue weighted by atomic mass is 10.1. The fourth-order valence-electron chi connectivity index (χ4n) is 3.27. The van der Waals surface area contributed by atoms with Crippen LogP contribution in [0.25, 0.3) is 0 Å². The third-order valence-corrected chi connectivity index (χ3v) is 4.73. The van der Waals surface area contributed by atoms with E-state index in [1.165, 1.54) is 0 Å². The van der Waals surface area contributed by atoms with Gasteiger partial charge in [-0.1, -0.05) is 30.3 Å². The average Bonchev–Trinajstić information content (AvgIpc) is 2.93. The summed E-state index contributed by atoms with van der Waals surface area (Å²) in [5, 5.41) is 14.7. The molecule has 2 heterocycles. The summed E-state index contributed by atoms with van der Waals surface area (Å²) in [6.07, 6.45) is -0.488. The minimum absolute atomic E-state index is 0.106. The third kappa shape index (κ3) is 4.46. The Morgan fingerprint density at radius 3 is 2.44 bits per heavy atom. The van der Waals surface area contributed by atoms with E-state index in [9.17, 15) is 9.90 Å². The van der Waals surface area contributed by atoms with Crippen molar-refractivity contribution in [2.24, 2.45) is 0 Å². The SMILES string of the molecule is Cc1cc(C)n(CC(=O)N2CCN(CC(O)c3ccccc3)CC2)n1. The number of aliphatic hydroxyl groups is 1. The highest BCUT2D eigenvalue weighted by molar-refractivity contribution is 5.76. The molecule has 0 aliphatic carbocycles. The van der Waals surface area contributed by atoms with Crippen LogP contribution in [0.4, 0.5) is 0 Å². The van der Waals surface area contributed by atoms with E-state index in [1.807, 2.05) is 55.1 Å². The second kappa shape index (κ2) is 7.80. The molecule has 6 nitrogen and oxygen atoms in total. The summed E-state index contributed by atoms with van der Waals surface area (Å²) in [7, 11) is 0. The van der Waals surface area contributed by atoms with E-state index in [0.29, 0.717) is 26.2 Å². The molecule has 2 aromatic rings. The van der Waals surface area contributed by atoms with Crippen molar-refractivity contribution in [3.05, 3.63) is 53.3 Å². The summed E-state index contributed by atoms with van der Waals surface area (Å²) in [5.74, 6) is 0.106. The molecule has 1 N–H and O–H groups in total. The lowest BCUT2D eigenvalue weighted by Crippen LogP contribution is -2.50. The first-order chi connectivity index (χ1) is 12.0. The number of benzene rings is 1. The van der Waals surface area contributed by atoms with Crippen molar-refractivity contribution in [3.8, 4) is 0 Å². The summed E-state index contributed by atoms with van der Waals surface area (Å²) < 4.78 is 1.77. The van der Waals surface area contributed by atoms with Crippen LogP contribution >= 0.6 is 0 Å². The normalized spacial score (nSPS) is 16.8. The highest BCUT2D eigenvalue weighted by atomic mass is 16.3. The van der Waals surface area contributed by atoms with Gasteiger partial charge in [0.05, 0.1) is 11.8 Å². The molecule has 3 rings (SSSR count). The van der Waals surface area contributed by atoms with Crippen molar-refractivity contribution in [1.82, 2.24) is 19.6 Å². The van der Waals surface area contributed by atoms with Gasteiger partial charge in [-0.2, -0.15) is 5.10 Å². The Labute approximate surface area is 148 Å². The van der Waals surface area contributed by atoms with Gasteiger partial charge in [0.15, 0.2) is 0 Å². The highest BCUT2D eigenvalue weighted by Crippen LogP contribution is 2.15. The molecular formula is C19H26N4O2. The van der Waals surface area contributed by atoms with Gasteiger partial charge in [0.1, 0.15) is 6.54 Å². The van der Waals surface area contributed by atoms with E-state index in [0.717, 1.165) is 30.0 Å². The second-order valence-electron chi connectivity index (χ2n) is 6.69. The molecule has 0 saturated carbocycles. The fraction of sp³-hybridized carbons (Fsp3) is 0.474. The Morgan fingerprint density at radius 2 is 1.84 bits per heavy atom. The standard InChI is InChI=1S/C19H26N4O2/c1-15-12-16(2)23(20-15)14-19(25)22-10-8-21(9-11-22)13-18(24)17-6-4-3-5-7-17/h3-7,12,18,24H,8-11,13-14H2,1-2H3. The van der Waals surface area contributed by atoms with Gasteiger partial charge < -0.3 is 10.0 Å². The molecule has 1 atom stereocenters. The Kier molecular flexibility index (Phi) is 5.50. The number of nitrogens with zero attached hydrogens (tertiary/aromatic N) is 4. The first-order valence-corrected chi connectivity index (χ1v) is 8.77. The number of hydrogen-bond acceptors (Lipinski definition) is 4. The first kappa shape index (κ1) is 17.6. The zero-order valence-corrected chi connectivity index (χ0v) is 14.9. The van der Waals surface area contributed by atoms with Crippen LogP contribution in [-0.2, 0) is 11.3 Å². The Bertz CT molecular complexity index is 705. The minimum atomic E-state index is -0.488. The number of aryl methyl sites for hydroxylation is 2. The summed E-state index contributed by atoms with van der Waals surface area (Å²) in [5.41, 5.74) is 2.88. The van der Waals surface area contributed by atoms with E-state index >= 15 is 0 Å². The third-order valence-electron chi connectivity index (χ3n) is 4.73. The van der Waals surface area contributed by atoms with E-state index in [2.05, 4.69) is 10.00 Å². The predicted octanol–water partition coefficient (Wildman–Crippen LogP) is 1.38. The van der Waals surface area contributed by atoms with Crippen molar-refractivity contribution in [1.29, 1.82) is 0 Å². The second-order valence-corrected chi connectivity index (χ2v) is 6.69. The van der Waals surface area contributed by atoms with E-state index in [4.69, 9.17) is 0 Å². The van der Waals surface area contributed by atoms with Crippen LogP contribution in [0.2, 0.25) is 0 Å². The zero-order chi connectivity index (χ0) is 17.8. The molecule has 1 aromatic heterocycles. The molecule has 0 radical (unpaired) electrons. The van der Waals surface area contributed by atoms with E-state index in [1.54, 1.807) is 4.68 Å². The molecule has 134 valence electrons. The van der Waals surface area contributed by atoms with Crippen LogP contribution in [0.3, 0.4) is 0 Å². The van der Waals surface area contributed by atoms with Crippen molar-refractivity contribution >= 4 is 5.91 Å². The molecule has 1 saturated heterocycles. The first-order valence-electron chi connectivity index (χ1n) is 8.77. The van der Waals surface area contributed by atoms with E-state index in [-0.39, 0.29) is 5.91 Å². The molecular weight excluding hydrogens is 316 g/mol. The summed E-state index contributed by atoms with van der Waals surface area (Å²) >= 11 is 0. The molecule has 1 amide bonds. The molecule has 1 aliphatic heterocycles. The molecule has 1 fully saturated rings.